The zero-order chi connectivity index (χ0) is 13.8. The second-order valence-corrected chi connectivity index (χ2v) is 6.68. The quantitative estimate of drug-likeness (QED) is 0.808. The molecule has 0 aliphatic rings. The maximum absolute atomic E-state index is 6.17. The predicted molar refractivity (Wildman–Crippen MR) is 81.7 cm³/mol. The molecule has 0 saturated heterocycles. The maximum Gasteiger partial charge on any atom is 0.0452 e. The molecule has 0 bridgehead atoms. The summed E-state index contributed by atoms with van der Waals surface area (Å²) >= 11 is 12.1. The molecule has 0 aliphatic heterocycles. The molecule has 0 amide bonds. The van der Waals surface area contributed by atoms with Gasteiger partial charge >= 0.3 is 0 Å². The average molecular weight is 288 g/mol. The number of hydrogen-bond donors (Lipinski definition) is 1. The summed E-state index contributed by atoms with van der Waals surface area (Å²) in [5, 5.41) is 4.88. The molecule has 1 nitrogen and oxygen atoms in total. The lowest BCUT2D eigenvalue weighted by Gasteiger charge is -2.30. The van der Waals surface area contributed by atoms with Crippen LogP contribution in [0.15, 0.2) is 18.2 Å². The molecule has 1 aromatic carbocycles. The Morgan fingerprint density at radius 3 is 2.39 bits per heavy atom. The van der Waals surface area contributed by atoms with Gasteiger partial charge in [0.2, 0.25) is 0 Å². The largest absolute Gasteiger partial charge is 0.316 e. The van der Waals surface area contributed by atoms with Gasteiger partial charge < -0.3 is 5.32 Å². The van der Waals surface area contributed by atoms with Gasteiger partial charge in [-0.25, -0.2) is 0 Å². The van der Waals surface area contributed by atoms with Crippen LogP contribution in [0.3, 0.4) is 0 Å². The van der Waals surface area contributed by atoms with Gasteiger partial charge in [0.05, 0.1) is 0 Å². The highest BCUT2D eigenvalue weighted by Gasteiger charge is 2.22. The van der Waals surface area contributed by atoms with Crippen molar-refractivity contribution in [3.05, 3.63) is 33.8 Å². The number of aryl methyl sites for hydroxylation is 1. The Hall–Kier alpha value is -0.240. The molecule has 0 aromatic heterocycles. The Morgan fingerprint density at radius 1 is 1.22 bits per heavy atom. The highest BCUT2D eigenvalue weighted by Crippen LogP contribution is 2.25. The summed E-state index contributed by atoms with van der Waals surface area (Å²) in [6, 6.07) is 6.28. The summed E-state index contributed by atoms with van der Waals surface area (Å²) in [6.45, 7) is 6.80. The summed E-state index contributed by atoms with van der Waals surface area (Å²) in [5.41, 5.74) is 1.48. The fourth-order valence-corrected chi connectivity index (χ4v) is 2.73. The molecule has 3 heteroatoms. The lowest BCUT2D eigenvalue weighted by Crippen LogP contribution is -2.37. The van der Waals surface area contributed by atoms with Gasteiger partial charge in [-0.15, -0.1) is 0 Å². The minimum atomic E-state index is 0.290. The lowest BCUT2D eigenvalue weighted by atomic mass is 9.83. The Kier molecular flexibility index (Phi) is 5.97. The van der Waals surface area contributed by atoms with Crippen molar-refractivity contribution in [3.8, 4) is 0 Å². The molecule has 1 atom stereocenters. The van der Waals surface area contributed by atoms with Crippen molar-refractivity contribution in [2.24, 2.45) is 5.41 Å². The summed E-state index contributed by atoms with van der Waals surface area (Å²) in [5.74, 6) is 0. The van der Waals surface area contributed by atoms with Crippen LogP contribution in [-0.2, 0) is 6.42 Å². The van der Waals surface area contributed by atoms with E-state index in [4.69, 9.17) is 23.2 Å². The van der Waals surface area contributed by atoms with Gasteiger partial charge in [0.1, 0.15) is 0 Å². The molecule has 0 aliphatic carbocycles. The van der Waals surface area contributed by atoms with Crippen LogP contribution in [-0.4, -0.2) is 13.1 Å². The van der Waals surface area contributed by atoms with Gasteiger partial charge in [-0.1, -0.05) is 50.0 Å². The second kappa shape index (κ2) is 6.79. The number of nitrogens with one attached hydrogen (secondary N) is 1. The van der Waals surface area contributed by atoms with Crippen molar-refractivity contribution in [2.75, 3.05) is 7.05 Å². The second-order valence-electron chi connectivity index (χ2n) is 5.84. The van der Waals surface area contributed by atoms with Gasteiger partial charge in [-0.2, -0.15) is 0 Å². The first kappa shape index (κ1) is 15.8. The Morgan fingerprint density at radius 2 is 1.89 bits per heavy atom. The van der Waals surface area contributed by atoms with Crippen LogP contribution in [0.5, 0.6) is 0 Å². The molecule has 0 spiro atoms. The summed E-state index contributed by atoms with van der Waals surface area (Å²) in [6.07, 6.45) is 3.29. The fraction of sp³-hybridized carbons (Fsp3) is 0.600. The minimum Gasteiger partial charge on any atom is -0.316 e. The highest BCUT2D eigenvalue weighted by atomic mass is 35.5. The predicted octanol–water partition coefficient (Wildman–Crippen LogP) is 4.95. The lowest BCUT2D eigenvalue weighted by molar-refractivity contribution is 0.263. The third kappa shape index (κ3) is 4.79. The Balaban J connectivity index is 2.51. The minimum absolute atomic E-state index is 0.290. The van der Waals surface area contributed by atoms with Crippen molar-refractivity contribution in [2.45, 2.75) is 46.1 Å². The molecule has 0 fully saturated rings. The molecule has 102 valence electrons. The van der Waals surface area contributed by atoms with Crippen LogP contribution in [0, 0.1) is 5.41 Å². The van der Waals surface area contributed by atoms with Gasteiger partial charge in [0, 0.05) is 16.1 Å². The SMILES string of the molecule is CNC(CCCc1ccc(Cl)cc1Cl)C(C)(C)C. The molecule has 1 aromatic rings. The molecule has 0 saturated carbocycles. The van der Waals surface area contributed by atoms with E-state index >= 15 is 0 Å². The van der Waals surface area contributed by atoms with Crippen LogP contribution in [0.4, 0.5) is 0 Å². The molecule has 1 unspecified atom stereocenters. The average Bonchev–Trinajstić information content (AvgIpc) is 2.25. The number of halogens is 2. The van der Waals surface area contributed by atoms with E-state index in [2.05, 4.69) is 26.1 Å². The smallest absolute Gasteiger partial charge is 0.0452 e. The summed E-state index contributed by atoms with van der Waals surface area (Å²) < 4.78 is 0. The van der Waals surface area contributed by atoms with Crippen LogP contribution in [0.1, 0.15) is 39.2 Å². The molecular formula is C15H23Cl2N. The number of benzene rings is 1. The van der Waals surface area contributed by atoms with Crippen LogP contribution < -0.4 is 5.32 Å². The summed E-state index contributed by atoms with van der Waals surface area (Å²) in [7, 11) is 2.03. The number of hydrogen-bond acceptors (Lipinski definition) is 1. The zero-order valence-electron chi connectivity index (χ0n) is 11.7. The van der Waals surface area contributed by atoms with E-state index in [1.807, 2.05) is 25.2 Å². The fourth-order valence-electron chi connectivity index (χ4n) is 2.23. The molecule has 1 N–H and O–H groups in total. The van der Waals surface area contributed by atoms with E-state index in [0.29, 0.717) is 16.5 Å². The van der Waals surface area contributed by atoms with E-state index in [1.54, 1.807) is 0 Å². The molecule has 0 radical (unpaired) electrons. The van der Waals surface area contributed by atoms with Crippen LogP contribution >= 0.6 is 23.2 Å². The highest BCUT2D eigenvalue weighted by molar-refractivity contribution is 6.35. The van der Waals surface area contributed by atoms with Crippen molar-refractivity contribution < 1.29 is 0 Å². The standard InChI is InChI=1S/C15H23Cl2N/c1-15(2,3)14(18-4)7-5-6-11-8-9-12(16)10-13(11)17/h8-10,14,18H,5-7H2,1-4H3. The zero-order valence-corrected chi connectivity index (χ0v) is 13.2. The first-order valence-corrected chi connectivity index (χ1v) is 7.21. The normalized spacial score (nSPS) is 13.7. The third-order valence-electron chi connectivity index (χ3n) is 3.35. The van der Waals surface area contributed by atoms with Gasteiger partial charge in [-0.3, -0.25) is 0 Å². The van der Waals surface area contributed by atoms with E-state index < -0.39 is 0 Å². The van der Waals surface area contributed by atoms with E-state index in [-0.39, 0.29) is 0 Å². The first-order valence-electron chi connectivity index (χ1n) is 6.46. The molecule has 18 heavy (non-hydrogen) atoms. The maximum atomic E-state index is 6.17. The van der Waals surface area contributed by atoms with E-state index in [0.717, 1.165) is 24.3 Å². The van der Waals surface area contributed by atoms with Gasteiger partial charge in [0.25, 0.3) is 0 Å². The van der Waals surface area contributed by atoms with Crippen molar-refractivity contribution >= 4 is 23.2 Å². The van der Waals surface area contributed by atoms with E-state index in [9.17, 15) is 0 Å². The van der Waals surface area contributed by atoms with Crippen molar-refractivity contribution in [1.29, 1.82) is 0 Å². The van der Waals surface area contributed by atoms with Gasteiger partial charge in [0.15, 0.2) is 0 Å². The van der Waals surface area contributed by atoms with Crippen molar-refractivity contribution in [3.63, 3.8) is 0 Å². The molecular weight excluding hydrogens is 265 g/mol. The molecule has 0 heterocycles. The first-order chi connectivity index (χ1) is 8.34. The summed E-state index contributed by atoms with van der Waals surface area (Å²) in [4.78, 5) is 0. The molecule has 1 rings (SSSR count). The van der Waals surface area contributed by atoms with E-state index in [1.165, 1.54) is 5.56 Å². The third-order valence-corrected chi connectivity index (χ3v) is 3.93. The number of rotatable bonds is 5. The van der Waals surface area contributed by atoms with Crippen LogP contribution in [0.25, 0.3) is 0 Å². The monoisotopic (exact) mass is 287 g/mol. The topological polar surface area (TPSA) is 12.0 Å². The van der Waals surface area contributed by atoms with Gasteiger partial charge in [-0.05, 0) is 49.4 Å². The Labute approximate surface area is 121 Å². The van der Waals surface area contributed by atoms with Crippen LogP contribution in [0.2, 0.25) is 10.0 Å². The Bertz CT molecular complexity index is 383. The van der Waals surface area contributed by atoms with Crippen molar-refractivity contribution in [1.82, 2.24) is 5.32 Å².